The molecule has 3 aromatic carbocycles. The van der Waals surface area contributed by atoms with E-state index in [9.17, 15) is 57.1 Å². The molecule has 0 aromatic heterocycles. The minimum atomic E-state index is -5.56. The Balaban J connectivity index is 1.94. The summed E-state index contributed by atoms with van der Waals surface area (Å²) in [6.07, 6.45) is -15.6. The topological polar surface area (TPSA) is 18.5 Å². The van der Waals surface area contributed by atoms with E-state index in [4.69, 9.17) is 0 Å². The van der Waals surface area contributed by atoms with Crippen molar-refractivity contribution in [2.75, 3.05) is 0 Å². The van der Waals surface area contributed by atoms with Crippen LogP contribution in [0.1, 0.15) is 22.3 Å². The lowest BCUT2D eigenvalue weighted by molar-refractivity contribution is -0.191. The van der Waals surface area contributed by atoms with Gasteiger partial charge in [-0.2, -0.15) is 30.7 Å². The Morgan fingerprint density at radius 1 is 0.459 bits per heavy atom. The maximum absolute atomic E-state index is 14.4. The van der Waals surface area contributed by atoms with Crippen LogP contribution in [0.15, 0.2) is 36.4 Å². The number of halogens is 13. The van der Waals surface area contributed by atoms with Gasteiger partial charge < -0.3 is 9.47 Å². The number of hydrogen-bond donors (Lipinski definition) is 0. The third kappa shape index (κ3) is 5.69. The molecule has 15 heteroatoms. The average molecular weight is 552 g/mol. The first kappa shape index (κ1) is 27.9. The number of rotatable bonds is 6. The Labute approximate surface area is 197 Å². The van der Waals surface area contributed by atoms with E-state index < -0.39 is 81.5 Å². The van der Waals surface area contributed by atoms with Crippen LogP contribution in [-0.4, -0.2) is 0 Å². The average Bonchev–Trinajstić information content (AvgIpc) is 2.62. The molecule has 0 radical (unpaired) electrons. The van der Waals surface area contributed by atoms with Gasteiger partial charge in [0.05, 0.1) is 0 Å². The molecule has 0 amide bonds. The molecule has 0 bridgehead atoms. The molecule has 0 aliphatic heterocycles. The quantitative estimate of drug-likeness (QED) is 0.288. The van der Waals surface area contributed by atoms with E-state index in [2.05, 4.69) is 9.47 Å². The van der Waals surface area contributed by atoms with Gasteiger partial charge in [0.2, 0.25) is 0 Å². The molecule has 0 aliphatic rings. The fraction of sp³-hybridized carbons (Fsp3) is 0.182. The Morgan fingerprint density at radius 2 is 0.730 bits per heavy atom. The number of ether oxygens (including phenoxy) is 2. The van der Waals surface area contributed by atoms with Gasteiger partial charge >= 0.3 is 18.4 Å². The Bertz CT molecular complexity index is 1280. The van der Waals surface area contributed by atoms with Crippen molar-refractivity contribution in [1.82, 2.24) is 0 Å². The van der Waals surface area contributed by atoms with Crippen LogP contribution in [0, 0.1) is 41.8 Å². The number of benzene rings is 3. The van der Waals surface area contributed by atoms with Crippen molar-refractivity contribution in [3.05, 3.63) is 93.6 Å². The summed E-state index contributed by atoms with van der Waals surface area (Å²) in [6, 6.07) is -0.185. The van der Waals surface area contributed by atoms with Crippen molar-refractivity contribution in [2.45, 2.75) is 25.3 Å². The maximum Gasteiger partial charge on any atom is 0.432 e. The molecule has 0 fully saturated rings. The third-order valence-electron chi connectivity index (χ3n) is 4.58. The van der Waals surface area contributed by atoms with E-state index in [1.165, 1.54) is 0 Å². The summed E-state index contributed by atoms with van der Waals surface area (Å²) < 4.78 is 186. The highest BCUT2D eigenvalue weighted by atomic mass is 19.4. The SMILES string of the molecule is Cc1cc(F)c(C(F)(F)Oc2cc(F)c(C(F)(F)Oc3cc(F)c(C(F)(F)F)c(F)c3)c(F)c2)c(F)c1. The minimum Gasteiger partial charge on any atom is -0.429 e. The molecule has 0 aliphatic carbocycles. The molecule has 0 atom stereocenters. The van der Waals surface area contributed by atoms with Crippen LogP contribution in [0.3, 0.4) is 0 Å². The Kier molecular flexibility index (Phi) is 7.05. The van der Waals surface area contributed by atoms with E-state index >= 15 is 0 Å². The predicted molar refractivity (Wildman–Crippen MR) is 97.9 cm³/mol. The smallest absolute Gasteiger partial charge is 0.429 e. The van der Waals surface area contributed by atoms with Crippen molar-refractivity contribution in [3.8, 4) is 11.5 Å². The van der Waals surface area contributed by atoms with Gasteiger partial charge in [-0.3, -0.25) is 0 Å². The summed E-state index contributed by atoms with van der Waals surface area (Å²) >= 11 is 0. The largest absolute Gasteiger partial charge is 0.432 e. The summed E-state index contributed by atoms with van der Waals surface area (Å²) in [5.74, 6) is -16.2. The summed E-state index contributed by atoms with van der Waals surface area (Å²) in [5.41, 5.74) is -6.84. The van der Waals surface area contributed by atoms with Crippen molar-refractivity contribution < 1.29 is 66.5 Å². The fourth-order valence-electron chi connectivity index (χ4n) is 3.14. The molecule has 0 heterocycles. The molecule has 0 unspecified atom stereocenters. The van der Waals surface area contributed by atoms with Crippen LogP contribution in [0.5, 0.6) is 11.5 Å². The second-order valence-electron chi connectivity index (χ2n) is 7.36. The van der Waals surface area contributed by atoms with Gasteiger partial charge in [-0.25, -0.2) is 26.3 Å². The molecular formula is C22H9F13O2. The molecule has 3 aromatic rings. The van der Waals surface area contributed by atoms with Crippen molar-refractivity contribution >= 4 is 0 Å². The highest BCUT2D eigenvalue weighted by molar-refractivity contribution is 5.36. The second kappa shape index (κ2) is 9.34. The lowest BCUT2D eigenvalue weighted by Crippen LogP contribution is -2.27. The van der Waals surface area contributed by atoms with Gasteiger partial charge in [-0.15, -0.1) is 0 Å². The number of hydrogen-bond acceptors (Lipinski definition) is 2. The number of alkyl halides is 7. The third-order valence-corrected chi connectivity index (χ3v) is 4.58. The first-order chi connectivity index (χ1) is 16.8. The number of aryl methyl sites for hydroxylation is 1. The Morgan fingerprint density at radius 3 is 1.03 bits per heavy atom. The molecule has 0 N–H and O–H groups in total. The zero-order chi connectivity index (χ0) is 28.1. The van der Waals surface area contributed by atoms with Gasteiger partial charge in [0.25, 0.3) is 0 Å². The monoisotopic (exact) mass is 552 g/mol. The first-order valence-corrected chi connectivity index (χ1v) is 9.49. The minimum absolute atomic E-state index is 0.106. The molecule has 0 spiro atoms. The fourth-order valence-corrected chi connectivity index (χ4v) is 3.14. The molecule has 2 nitrogen and oxygen atoms in total. The van der Waals surface area contributed by atoms with Gasteiger partial charge in [0.15, 0.2) is 0 Å². The Hall–Kier alpha value is -3.65. The van der Waals surface area contributed by atoms with E-state index in [0.29, 0.717) is 12.1 Å². The van der Waals surface area contributed by atoms with Gasteiger partial charge in [0, 0.05) is 24.3 Å². The van der Waals surface area contributed by atoms with Gasteiger partial charge in [0.1, 0.15) is 63.1 Å². The van der Waals surface area contributed by atoms with Crippen LogP contribution in [0.25, 0.3) is 0 Å². The van der Waals surface area contributed by atoms with E-state index in [1.807, 2.05) is 0 Å². The van der Waals surface area contributed by atoms with Gasteiger partial charge in [-0.05, 0) is 24.6 Å². The highest BCUT2D eigenvalue weighted by Crippen LogP contribution is 2.41. The van der Waals surface area contributed by atoms with Crippen molar-refractivity contribution in [2.24, 2.45) is 0 Å². The van der Waals surface area contributed by atoms with Crippen LogP contribution in [0.2, 0.25) is 0 Å². The van der Waals surface area contributed by atoms with Crippen molar-refractivity contribution in [1.29, 1.82) is 0 Å². The lowest BCUT2D eigenvalue weighted by Gasteiger charge is -2.22. The van der Waals surface area contributed by atoms with E-state index in [1.54, 1.807) is 0 Å². The summed E-state index contributed by atoms with van der Waals surface area (Å²) in [7, 11) is 0. The van der Waals surface area contributed by atoms with Crippen LogP contribution >= 0.6 is 0 Å². The van der Waals surface area contributed by atoms with E-state index in [-0.39, 0.29) is 29.8 Å². The van der Waals surface area contributed by atoms with Crippen LogP contribution < -0.4 is 9.47 Å². The molecule has 0 saturated heterocycles. The zero-order valence-corrected chi connectivity index (χ0v) is 17.7. The standard InChI is InChI=1S/C22H9F13O2/c1-8-2-11(23)18(12(24)3-8)21(32,33)37-10-6-15(27)19(16(28)7-10)22(34,35)36-9-4-13(25)17(14(26)5-9)20(29,30)31/h2-7H,1H3. The van der Waals surface area contributed by atoms with Gasteiger partial charge in [-0.1, -0.05) is 0 Å². The van der Waals surface area contributed by atoms with Crippen LogP contribution in [-0.2, 0) is 18.4 Å². The summed E-state index contributed by atoms with van der Waals surface area (Å²) in [6.45, 7) is 1.16. The molecule has 0 saturated carbocycles. The predicted octanol–water partition coefficient (Wildman–Crippen LogP) is 8.11. The zero-order valence-electron chi connectivity index (χ0n) is 17.7. The van der Waals surface area contributed by atoms with E-state index in [0.717, 1.165) is 6.92 Å². The molecule has 200 valence electrons. The molecule has 37 heavy (non-hydrogen) atoms. The summed E-state index contributed by atoms with van der Waals surface area (Å²) in [5, 5.41) is 0. The second-order valence-corrected chi connectivity index (χ2v) is 7.36. The first-order valence-electron chi connectivity index (χ1n) is 9.49. The normalized spacial score (nSPS) is 12.6. The maximum atomic E-state index is 14.4. The van der Waals surface area contributed by atoms with Crippen molar-refractivity contribution in [3.63, 3.8) is 0 Å². The molecule has 3 rings (SSSR count). The highest BCUT2D eigenvalue weighted by Gasteiger charge is 2.45. The lowest BCUT2D eigenvalue weighted by atomic mass is 10.1. The molecular weight excluding hydrogens is 543 g/mol. The summed E-state index contributed by atoms with van der Waals surface area (Å²) in [4.78, 5) is 0. The van der Waals surface area contributed by atoms with Crippen LogP contribution in [0.4, 0.5) is 57.1 Å².